The third-order valence-corrected chi connectivity index (χ3v) is 6.26. The van der Waals surface area contributed by atoms with Gasteiger partial charge >= 0.3 is 0 Å². The summed E-state index contributed by atoms with van der Waals surface area (Å²) in [5.74, 6) is -0.521. The first-order valence-corrected chi connectivity index (χ1v) is 9.03. The largest absolute Gasteiger partial charge is 0.546 e. The quantitative estimate of drug-likeness (QED) is 0.627. The van der Waals surface area contributed by atoms with Gasteiger partial charge in [0.15, 0.2) is 11.0 Å². The Morgan fingerprint density at radius 2 is 2.00 bits per heavy atom. The van der Waals surface area contributed by atoms with Crippen LogP contribution >= 0.6 is 0 Å². The van der Waals surface area contributed by atoms with Gasteiger partial charge in [0.05, 0.1) is 31.1 Å². The maximum atomic E-state index is 12.8. The first kappa shape index (κ1) is 16.9. The van der Waals surface area contributed by atoms with Crippen LogP contribution < -0.4 is 9.67 Å². The lowest BCUT2D eigenvalue weighted by Crippen LogP contribution is -2.40. The Morgan fingerprint density at radius 3 is 2.62 bits per heavy atom. The second kappa shape index (κ2) is 6.15. The normalized spacial score (nSPS) is 16.6. The minimum atomic E-state index is -3.63. The maximum Gasteiger partial charge on any atom is 0.254 e. The summed E-state index contributed by atoms with van der Waals surface area (Å²) in [6.45, 7) is 2.82. The fourth-order valence-corrected chi connectivity index (χ4v) is 4.39. The number of ether oxygens (including phenoxy) is 1. The van der Waals surface area contributed by atoms with Gasteiger partial charge in [-0.2, -0.15) is 4.31 Å². The second-order valence-corrected chi connectivity index (χ2v) is 7.67. The Kier molecular flexibility index (Phi) is 4.33. The zero-order valence-electron chi connectivity index (χ0n) is 13.6. The molecule has 130 valence electrons. The molecule has 24 heavy (non-hydrogen) atoms. The molecule has 1 aromatic heterocycles. The van der Waals surface area contributed by atoms with Crippen molar-refractivity contribution in [3.05, 3.63) is 24.0 Å². The van der Waals surface area contributed by atoms with Crippen LogP contribution in [0.15, 0.2) is 23.1 Å². The van der Waals surface area contributed by atoms with Gasteiger partial charge in [0.2, 0.25) is 10.0 Å². The van der Waals surface area contributed by atoms with E-state index >= 15 is 0 Å². The molecular formula is C15H19N3O5S. The van der Waals surface area contributed by atoms with E-state index in [4.69, 9.17) is 4.74 Å². The summed E-state index contributed by atoms with van der Waals surface area (Å²) >= 11 is 0. The number of carbonyl (C=O) groups excluding carboxylic acids is 1. The molecule has 0 radical (unpaired) electrons. The van der Waals surface area contributed by atoms with Crippen LogP contribution in [0.25, 0.3) is 11.0 Å². The second-order valence-electron chi connectivity index (χ2n) is 5.73. The Labute approximate surface area is 139 Å². The van der Waals surface area contributed by atoms with Crippen molar-refractivity contribution in [2.45, 2.75) is 18.4 Å². The SMILES string of the molecule is Cc1n(CC(=O)[O-])c2cc(S(=O)(=O)N3CCOCC3)ccc2[n+]1C. The smallest absolute Gasteiger partial charge is 0.254 e. The molecule has 1 saturated heterocycles. The molecule has 2 heterocycles. The fourth-order valence-electron chi connectivity index (χ4n) is 2.96. The lowest BCUT2D eigenvalue weighted by Gasteiger charge is -2.25. The van der Waals surface area contributed by atoms with E-state index < -0.39 is 16.0 Å². The third-order valence-electron chi connectivity index (χ3n) is 4.37. The molecule has 0 atom stereocenters. The molecule has 0 unspecified atom stereocenters. The van der Waals surface area contributed by atoms with Crippen molar-refractivity contribution < 1.29 is 27.6 Å². The molecule has 2 aromatic rings. The van der Waals surface area contributed by atoms with Crippen molar-refractivity contribution in [2.24, 2.45) is 7.05 Å². The number of carbonyl (C=O) groups is 1. The van der Waals surface area contributed by atoms with Gasteiger partial charge in [-0.25, -0.2) is 17.6 Å². The molecule has 0 bridgehead atoms. The average Bonchev–Trinajstić information content (AvgIpc) is 2.80. The van der Waals surface area contributed by atoms with Crippen LogP contribution in [0.5, 0.6) is 0 Å². The highest BCUT2D eigenvalue weighted by Gasteiger charge is 2.28. The van der Waals surface area contributed by atoms with Crippen LogP contribution in [-0.4, -0.2) is 49.6 Å². The van der Waals surface area contributed by atoms with Crippen molar-refractivity contribution in [1.82, 2.24) is 8.87 Å². The van der Waals surface area contributed by atoms with E-state index in [0.29, 0.717) is 37.6 Å². The number of benzene rings is 1. The molecule has 0 N–H and O–H groups in total. The highest BCUT2D eigenvalue weighted by Crippen LogP contribution is 2.22. The highest BCUT2D eigenvalue weighted by molar-refractivity contribution is 7.89. The lowest BCUT2D eigenvalue weighted by atomic mass is 10.3. The van der Waals surface area contributed by atoms with E-state index in [1.54, 1.807) is 30.7 Å². The van der Waals surface area contributed by atoms with Crippen LogP contribution in [0, 0.1) is 6.92 Å². The first-order chi connectivity index (χ1) is 11.3. The molecule has 9 heteroatoms. The Bertz CT molecular complexity index is 897. The minimum absolute atomic E-state index is 0.148. The number of hydrogen-bond acceptors (Lipinski definition) is 5. The summed E-state index contributed by atoms with van der Waals surface area (Å²) in [5, 5.41) is 11.0. The Hall–Kier alpha value is -1.97. The van der Waals surface area contributed by atoms with Gasteiger partial charge < -0.3 is 14.6 Å². The molecule has 0 aliphatic carbocycles. The summed E-state index contributed by atoms with van der Waals surface area (Å²) in [4.78, 5) is 11.2. The molecule has 1 aliphatic rings. The van der Waals surface area contributed by atoms with Crippen LogP contribution in [0.4, 0.5) is 0 Å². The number of sulfonamides is 1. The van der Waals surface area contributed by atoms with E-state index in [1.807, 2.05) is 4.57 Å². The number of aromatic nitrogens is 2. The molecule has 0 spiro atoms. The molecule has 0 saturated carbocycles. The van der Waals surface area contributed by atoms with Gasteiger partial charge in [0.1, 0.15) is 6.54 Å². The van der Waals surface area contributed by atoms with Gasteiger partial charge in [-0.15, -0.1) is 0 Å². The average molecular weight is 353 g/mol. The van der Waals surface area contributed by atoms with Crippen molar-refractivity contribution >= 4 is 27.0 Å². The van der Waals surface area contributed by atoms with Crippen molar-refractivity contribution in [3.63, 3.8) is 0 Å². The summed E-state index contributed by atoms with van der Waals surface area (Å²) in [6, 6.07) is 4.77. The van der Waals surface area contributed by atoms with Gasteiger partial charge in [0, 0.05) is 26.1 Å². The number of aliphatic carboxylic acids is 1. The summed E-state index contributed by atoms with van der Waals surface area (Å²) in [6.07, 6.45) is 0. The predicted octanol–water partition coefficient (Wildman–Crippen LogP) is -1.45. The van der Waals surface area contributed by atoms with Crippen LogP contribution in [0.2, 0.25) is 0 Å². The first-order valence-electron chi connectivity index (χ1n) is 7.59. The zero-order chi connectivity index (χ0) is 17.5. The van der Waals surface area contributed by atoms with Crippen molar-refractivity contribution in [3.8, 4) is 0 Å². The standard InChI is InChI=1S/C15H19N3O5S/c1-11-16(2)13-4-3-12(9-14(13)18(11)10-15(19)20)24(21,22)17-5-7-23-8-6-17/h3-4,9H,5-8,10H2,1-2H3. The maximum absolute atomic E-state index is 12.8. The van der Waals surface area contributed by atoms with E-state index in [9.17, 15) is 18.3 Å². The molecule has 1 aromatic carbocycles. The number of rotatable bonds is 4. The van der Waals surface area contributed by atoms with Gasteiger partial charge in [-0.05, 0) is 12.1 Å². The molecule has 3 rings (SSSR count). The number of imidazole rings is 1. The van der Waals surface area contributed by atoms with Crippen LogP contribution in [-0.2, 0) is 33.1 Å². The molecule has 8 nitrogen and oxygen atoms in total. The van der Waals surface area contributed by atoms with Crippen molar-refractivity contribution in [1.29, 1.82) is 0 Å². The van der Waals surface area contributed by atoms with Crippen LogP contribution in [0.3, 0.4) is 0 Å². The summed E-state index contributed by atoms with van der Waals surface area (Å²) in [5.41, 5.74) is 1.31. The summed E-state index contributed by atoms with van der Waals surface area (Å²) < 4.78 is 35.5. The zero-order valence-corrected chi connectivity index (χ0v) is 14.4. The van der Waals surface area contributed by atoms with Crippen molar-refractivity contribution in [2.75, 3.05) is 26.3 Å². The summed E-state index contributed by atoms with van der Waals surface area (Å²) in [7, 11) is -1.83. The predicted molar refractivity (Wildman–Crippen MR) is 82.4 cm³/mol. The number of fused-ring (bicyclic) bond motifs is 1. The molecule has 1 aliphatic heterocycles. The van der Waals surface area contributed by atoms with Crippen LogP contribution in [0.1, 0.15) is 5.82 Å². The fraction of sp³-hybridized carbons (Fsp3) is 0.467. The number of carboxylic acid groups (broad SMARTS) is 1. The van der Waals surface area contributed by atoms with Gasteiger partial charge in [0.25, 0.3) is 5.82 Å². The molecule has 1 fully saturated rings. The lowest BCUT2D eigenvalue weighted by molar-refractivity contribution is -0.652. The number of carboxylic acids is 1. The molecule has 0 amide bonds. The molecular weight excluding hydrogens is 334 g/mol. The van der Waals surface area contributed by atoms with E-state index in [2.05, 4.69) is 0 Å². The van der Waals surface area contributed by atoms with Gasteiger partial charge in [-0.3, -0.25) is 0 Å². The van der Waals surface area contributed by atoms with E-state index in [0.717, 1.165) is 5.52 Å². The van der Waals surface area contributed by atoms with Gasteiger partial charge in [-0.1, -0.05) is 0 Å². The van der Waals surface area contributed by atoms with E-state index in [1.165, 1.54) is 10.4 Å². The minimum Gasteiger partial charge on any atom is -0.546 e. The third kappa shape index (κ3) is 2.79. The number of nitrogens with zero attached hydrogens (tertiary/aromatic N) is 3. The number of hydrogen-bond donors (Lipinski definition) is 0. The Balaban J connectivity index is 2.12. The monoisotopic (exact) mass is 353 g/mol. The number of aryl methyl sites for hydroxylation is 1. The number of morpholine rings is 1. The highest BCUT2D eigenvalue weighted by atomic mass is 32.2. The topological polar surface area (TPSA) is 95.5 Å². The Morgan fingerprint density at radius 1 is 1.33 bits per heavy atom. The van der Waals surface area contributed by atoms with E-state index in [-0.39, 0.29) is 11.4 Å².